The lowest BCUT2D eigenvalue weighted by Crippen LogP contribution is -2.23. The molecule has 62 valence electrons. The Morgan fingerprint density at radius 3 is 2.91 bits per heavy atom. The fraction of sp³-hybridized carbons (Fsp3) is 0.900. The number of carbonyl (C=O) groups excluding carboxylic acids is 1. The summed E-state index contributed by atoms with van der Waals surface area (Å²) in [5.74, 6) is 2.61. The van der Waals surface area contributed by atoms with E-state index in [1.165, 1.54) is 25.7 Å². The van der Waals surface area contributed by atoms with Gasteiger partial charge in [-0.15, -0.1) is 0 Å². The van der Waals surface area contributed by atoms with E-state index >= 15 is 0 Å². The second kappa shape index (κ2) is 2.62. The van der Waals surface area contributed by atoms with Gasteiger partial charge in [0, 0.05) is 12.3 Å². The Bertz CT molecular complexity index is 174. The molecule has 0 aliphatic heterocycles. The molecule has 3 atom stereocenters. The van der Waals surface area contributed by atoms with Gasteiger partial charge in [-0.25, -0.2) is 0 Å². The molecule has 0 aromatic rings. The first-order chi connectivity index (χ1) is 5.27. The molecule has 2 saturated carbocycles. The van der Waals surface area contributed by atoms with Crippen molar-refractivity contribution in [2.24, 2.45) is 17.8 Å². The Morgan fingerprint density at radius 1 is 1.27 bits per heavy atom. The van der Waals surface area contributed by atoms with Crippen LogP contribution in [0.4, 0.5) is 0 Å². The summed E-state index contributed by atoms with van der Waals surface area (Å²) in [5.41, 5.74) is 0. The van der Waals surface area contributed by atoms with Crippen molar-refractivity contribution in [3.8, 4) is 0 Å². The molecule has 1 heteroatoms. The molecule has 3 unspecified atom stereocenters. The SMILES string of the molecule is CC1CCC2CCC(=O)C2C1. The van der Waals surface area contributed by atoms with Crippen molar-refractivity contribution in [3.63, 3.8) is 0 Å². The second-order valence-corrected chi connectivity index (χ2v) is 4.29. The molecule has 11 heavy (non-hydrogen) atoms. The number of Topliss-reactive ketones (excluding diaryl/α,β-unsaturated/α-hetero) is 1. The standard InChI is InChI=1S/C10H16O/c1-7-2-3-8-4-5-10(11)9(8)6-7/h7-9H,2-6H2,1H3. The van der Waals surface area contributed by atoms with Gasteiger partial charge in [0.15, 0.2) is 0 Å². The topological polar surface area (TPSA) is 17.1 Å². The summed E-state index contributed by atoms with van der Waals surface area (Å²) in [5, 5.41) is 0. The van der Waals surface area contributed by atoms with Crippen LogP contribution in [0.1, 0.15) is 39.0 Å². The van der Waals surface area contributed by atoms with Gasteiger partial charge < -0.3 is 0 Å². The highest BCUT2D eigenvalue weighted by molar-refractivity contribution is 5.83. The van der Waals surface area contributed by atoms with Gasteiger partial charge in [-0.3, -0.25) is 4.79 Å². The third-order valence-corrected chi connectivity index (χ3v) is 3.43. The van der Waals surface area contributed by atoms with Gasteiger partial charge in [0.25, 0.3) is 0 Å². The molecule has 0 saturated heterocycles. The molecule has 0 N–H and O–H groups in total. The predicted molar refractivity (Wildman–Crippen MR) is 44.2 cm³/mol. The number of fused-ring (bicyclic) bond motifs is 1. The first-order valence-electron chi connectivity index (χ1n) is 4.80. The zero-order chi connectivity index (χ0) is 7.84. The molecule has 0 heterocycles. The molecule has 0 bridgehead atoms. The van der Waals surface area contributed by atoms with Crippen molar-refractivity contribution >= 4 is 5.78 Å². The van der Waals surface area contributed by atoms with Crippen molar-refractivity contribution in [1.29, 1.82) is 0 Å². The van der Waals surface area contributed by atoms with E-state index in [0.29, 0.717) is 11.7 Å². The minimum Gasteiger partial charge on any atom is -0.299 e. The predicted octanol–water partition coefficient (Wildman–Crippen LogP) is 2.40. The van der Waals surface area contributed by atoms with E-state index in [9.17, 15) is 4.79 Å². The van der Waals surface area contributed by atoms with Crippen LogP contribution >= 0.6 is 0 Å². The van der Waals surface area contributed by atoms with Crippen molar-refractivity contribution in [1.82, 2.24) is 0 Å². The Hall–Kier alpha value is -0.330. The normalized spacial score (nSPS) is 44.1. The minimum atomic E-state index is 0.471. The van der Waals surface area contributed by atoms with E-state index in [-0.39, 0.29) is 0 Å². The monoisotopic (exact) mass is 152 g/mol. The van der Waals surface area contributed by atoms with E-state index in [1.807, 2.05) is 0 Å². The van der Waals surface area contributed by atoms with Gasteiger partial charge >= 0.3 is 0 Å². The first kappa shape index (κ1) is 7.33. The average molecular weight is 152 g/mol. The highest BCUT2D eigenvalue weighted by atomic mass is 16.1. The van der Waals surface area contributed by atoms with Crippen molar-refractivity contribution in [2.75, 3.05) is 0 Å². The van der Waals surface area contributed by atoms with E-state index < -0.39 is 0 Å². The van der Waals surface area contributed by atoms with Crippen LogP contribution in [0.2, 0.25) is 0 Å². The smallest absolute Gasteiger partial charge is 0.136 e. The van der Waals surface area contributed by atoms with Gasteiger partial charge in [0.05, 0.1) is 0 Å². The van der Waals surface area contributed by atoms with E-state index in [0.717, 1.165) is 18.3 Å². The number of ketones is 1. The molecular weight excluding hydrogens is 136 g/mol. The summed E-state index contributed by atoms with van der Waals surface area (Å²) in [6.07, 6.45) is 5.92. The number of carbonyl (C=O) groups is 1. The van der Waals surface area contributed by atoms with Crippen LogP contribution in [0.25, 0.3) is 0 Å². The van der Waals surface area contributed by atoms with Gasteiger partial charge in [0.1, 0.15) is 5.78 Å². The Kier molecular flexibility index (Phi) is 1.74. The zero-order valence-electron chi connectivity index (χ0n) is 7.18. The molecule has 2 aliphatic carbocycles. The maximum atomic E-state index is 11.4. The molecule has 2 rings (SSSR count). The molecule has 2 aliphatic rings. The Morgan fingerprint density at radius 2 is 2.09 bits per heavy atom. The molecular formula is C10H16O. The summed E-state index contributed by atoms with van der Waals surface area (Å²) >= 11 is 0. The summed E-state index contributed by atoms with van der Waals surface area (Å²) in [7, 11) is 0. The van der Waals surface area contributed by atoms with E-state index in [4.69, 9.17) is 0 Å². The highest BCUT2D eigenvalue weighted by Gasteiger charge is 2.37. The lowest BCUT2D eigenvalue weighted by atomic mass is 9.76. The fourth-order valence-electron chi connectivity index (χ4n) is 2.70. The van der Waals surface area contributed by atoms with Crippen molar-refractivity contribution in [2.45, 2.75) is 39.0 Å². The van der Waals surface area contributed by atoms with Crippen LogP contribution < -0.4 is 0 Å². The molecule has 0 aromatic heterocycles. The van der Waals surface area contributed by atoms with Crippen molar-refractivity contribution < 1.29 is 4.79 Å². The third kappa shape index (κ3) is 1.21. The van der Waals surface area contributed by atoms with Gasteiger partial charge in [-0.1, -0.05) is 13.3 Å². The molecule has 0 amide bonds. The quantitative estimate of drug-likeness (QED) is 0.521. The fourth-order valence-corrected chi connectivity index (χ4v) is 2.70. The third-order valence-electron chi connectivity index (χ3n) is 3.43. The molecule has 1 nitrogen and oxygen atoms in total. The highest BCUT2D eigenvalue weighted by Crippen LogP contribution is 2.41. The number of rotatable bonds is 0. The Labute approximate surface area is 68.2 Å². The largest absolute Gasteiger partial charge is 0.299 e. The first-order valence-corrected chi connectivity index (χ1v) is 4.80. The summed E-state index contributed by atoms with van der Waals surface area (Å²) in [6, 6.07) is 0. The van der Waals surface area contributed by atoms with Crippen LogP contribution in [0.5, 0.6) is 0 Å². The lowest BCUT2D eigenvalue weighted by molar-refractivity contribution is -0.122. The van der Waals surface area contributed by atoms with E-state index in [2.05, 4.69) is 6.92 Å². The number of hydrogen-bond donors (Lipinski definition) is 0. The lowest BCUT2D eigenvalue weighted by Gasteiger charge is -2.28. The molecule has 0 spiro atoms. The summed E-state index contributed by atoms with van der Waals surface area (Å²) < 4.78 is 0. The molecule has 2 fully saturated rings. The van der Waals surface area contributed by atoms with Crippen LogP contribution in [0, 0.1) is 17.8 Å². The van der Waals surface area contributed by atoms with Gasteiger partial charge in [-0.05, 0) is 31.1 Å². The summed E-state index contributed by atoms with van der Waals surface area (Å²) in [6.45, 7) is 2.28. The Balaban J connectivity index is 2.07. The average Bonchev–Trinajstić information content (AvgIpc) is 2.33. The van der Waals surface area contributed by atoms with Crippen LogP contribution in [0.3, 0.4) is 0 Å². The zero-order valence-corrected chi connectivity index (χ0v) is 7.18. The molecule has 0 aromatic carbocycles. The second-order valence-electron chi connectivity index (χ2n) is 4.29. The maximum absolute atomic E-state index is 11.4. The van der Waals surface area contributed by atoms with Crippen LogP contribution in [0.15, 0.2) is 0 Å². The summed E-state index contributed by atoms with van der Waals surface area (Å²) in [4.78, 5) is 11.4. The van der Waals surface area contributed by atoms with Gasteiger partial charge in [-0.2, -0.15) is 0 Å². The van der Waals surface area contributed by atoms with E-state index in [1.54, 1.807) is 0 Å². The molecule has 0 radical (unpaired) electrons. The van der Waals surface area contributed by atoms with Crippen LogP contribution in [-0.2, 0) is 4.79 Å². The number of hydrogen-bond acceptors (Lipinski definition) is 1. The minimum absolute atomic E-state index is 0.471. The van der Waals surface area contributed by atoms with Crippen molar-refractivity contribution in [3.05, 3.63) is 0 Å². The van der Waals surface area contributed by atoms with Crippen LogP contribution in [-0.4, -0.2) is 5.78 Å². The maximum Gasteiger partial charge on any atom is 0.136 e. The van der Waals surface area contributed by atoms with Gasteiger partial charge in [0.2, 0.25) is 0 Å².